The van der Waals surface area contributed by atoms with E-state index in [9.17, 15) is 14.3 Å². The molecule has 5 nitrogen and oxygen atoms in total. The SMILES string of the molecule is COc1ccc(O)c(CN2CCC([C@@H](Cc3ccccc3F)N(C)C(=O)c3cccs3)CC2)c1. The van der Waals surface area contributed by atoms with Crippen molar-refractivity contribution >= 4 is 17.2 Å². The highest BCUT2D eigenvalue weighted by Crippen LogP contribution is 2.31. The summed E-state index contributed by atoms with van der Waals surface area (Å²) in [4.78, 5) is 18.0. The number of piperidine rings is 1. The molecule has 3 aromatic rings. The van der Waals surface area contributed by atoms with Crippen LogP contribution < -0.4 is 4.74 Å². The van der Waals surface area contributed by atoms with Crippen molar-refractivity contribution in [3.05, 3.63) is 81.8 Å². The largest absolute Gasteiger partial charge is 0.508 e. The summed E-state index contributed by atoms with van der Waals surface area (Å²) in [6.07, 6.45) is 2.28. The van der Waals surface area contributed by atoms with Gasteiger partial charge in [-0.2, -0.15) is 0 Å². The second kappa shape index (κ2) is 11.0. The number of amides is 1. The molecule has 7 heteroatoms. The van der Waals surface area contributed by atoms with Gasteiger partial charge in [0.15, 0.2) is 0 Å². The number of rotatable bonds is 8. The molecule has 1 N–H and O–H groups in total. The van der Waals surface area contributed by atoms with E-state index in [1.165, 1.54) is 17.4 Å². The molecule has 1 aliphatic rings. The average Bonchev–Trinajstić information content (AvgIpc) is 3.40. The van der Waals surface area contributed by atoms with Gasteiger partial charge in [0, 0.05) is 25.2 Å². The van der Waals surface area contributed by atoms with Crippen molar-refractivity contribution in [1.29, 1.82) is 0 Å². The van der Waals surface area contributed by atoms with Crippen LogP contribution in [0.15, 0.2) is 60.0 Å². The Morgan fingerprint density at radius 3 is 2.62 bits per heavy atom. The Hall–Kier alpha value is -2.90. The minimum Gasteiger partial charge on any atom is -0.508 e. The van der Waals surface area contributed by atoms with Gasteiger partial charge in [0.25, 0.3) is 5.91 Å². The number of likely N-dealkylation sites (tertiary alicyclic amines) is 1. The number of halogens is 1. The first kappa shape index (κ1) is 24.2. The van der Waals surface area contributed by atoms with Gasteiger partial charge in [-0.25, -0.2) is 4.39 Å². The second-order valence-electron chi connectivity index (χ2n) is 8.86. The molecular formula is C27H31FN2O3S. The van der Waals surface area contributed by atoms with E-state index >= 15 is 0 Å². The molecule has 0 radical (unpaired) electrons. The van der Waals surface area contributed by atoms with Crippen molar-refractivity contribution in [2.24, 2.45) is 5.92 Å². The van der Waals surface area contributed by atoms with Crippen molar-refractivity contribution in [3.63, 3.8) is 0 Å². The monoisotopic (exact) mass is 482 g/mol. The molecule has 0 bridgehead atoms. The fourth-order valence-electron chi connectivity index (χ4n) is 4.79. The number of thiophene rings is 1. The van der Waals surface area contributed by atoms with Crippen molar-refractivity contribution < 1.29 is 19.0 Å². The Bertz CT molecular complexity index is 1100. The van der Waals surface area contributed by atoms with E-state index in [2.05, 4.69) is 4.90 Å². The third kappa shape index (κ3) is 5.59. The van der Waals surface area contributed by atoms with E-state index < -0.39 is 0 Å². The maximum absolute atomic E-state index is 14.5. The number of phenolic OH excluding ortho intramolecular Hbond substituents is 1. The molecule has 1 saturated heterocycles. The van der Waals surface area contributed by atoms with E-state index in [0.29, 0.717) is 23.4 Å². The molecule has 0 unspecified atom stereocenters. The lowest BCUT2D eigenvalue weighted by Crippen LogP contribution is -2.47. The summed E-state index contributed by atoms with van der Waals surface area (Å²) < 4.78 is 19.8. The van der Waals surface area contributed by atoms with Crippen LogP contribution in [0, 0.1) is 11.7 Å². The highest BCUT2D eigenvalue weighted by atomic mass is 32.1. The third-order valence-electron chi connectivity index (χ3n) is 6.79. The first-order valence-electron chi connectivity index (χ1n) is 11.6. The van der Waals surface area contributed by atoms with Crippen LogP contribution in [0.2, 0.25) is 0 Å². The Labute approximate surface area is 204 Å². The van der Waals surface area contributed by atoms with Crippen molar-refractivity contribution in [2.75, 3.05) is 27.2 Å². The number of nitrogens with zero attached hydrogens (tertiary/aromatic N) is 2. The zero-order valence-corrected chi connectivity index (χ0v) is 20.4. The Morgan fingerprint density at radius 1 is 1.18 bits per heavy atom. The molecule has 180 valence electrons. The van der Waals surface area contributed by atoms with Crippen LogP contribution in [0.25, 0.3) is 0 Å². The fourth-order valence-corrected chi connectivity index (χ4v) is 5.49. The summed E-state index contributed by atoms with van der Waals surface area (Å²) in [5.74, 6) is 1.00. The Morgan fingerprint density at radius 2 is 1.94 bits per heavy atom. The van der Waals surface area contributed by atoms with Crippen LogP contribution >= 0.6 is 11.3 Å². The molecule has 2 aromatic carbocycles. The predicted molar refractivity (Wildman–Crippen MR) is 133 cm³/mol. The van der Waals surface area contributed by atoms with Gasteiger partial charge in [-0.1, -0.05) is 24.3 Å². The molecule has 0 saturated carbocycles. The molecule has 1 aromatic heterocycles. The van der Waals surface area contributed by atoms with Gasteiger partial charge in [0.05, 0.1) is 12.0 Å². The standard InChI is InChI=1S/C27H31FN2O3S/c1-29(27(32)26-8-5-15-34-26)24(17-20-6-3-4-7-23(20)28)19-11-13-30(14-12-19)18-21-16-22(33-2)9-10-25(21)31/h3-10,15-16,19,24,31H,11-14,17-18H2,1-2H3/t24-/m1/s1. The predicted octanol–water partition coefficient (Wildman–Crippen LogP) is 5.20. The number of phenols is 1. The number of aromatic hydroxyl groups is 1. The molecule has 4 rings (SSSR count). The summed E-state index contributed by atoms with van der Waals surface area (Å²) in [6.45, 7) is 2.32. The number of hydrogen-bond acceptors (Lipinski definition) is 5. The Kier molecular flexibility index (Phi) is 7.85. The van der Waals surface area contributed by atoms with Crippen molar-refractivity contribution in [2.45, 2.75) is 31.8 Å². The molecular weight excluding hydrogens is 451 g/mol. The first-order valence-corrected chi connectivity index (χ1v) is 12.5. The van der Waals surface area contributed by atoms with Crippen LogP contribution in [-0.4, -0.2) is 54.1 Å². The maximum atomic E-state index is 14.5. The summed E-state index contributed by atoms with van der Waals surface area (Å²) >= 11 is 1.43. The van der Waals surface area contributed by atoms with Crippen molar-refractivity contribution in [1.82, 2.24) is 9.80 Å². The fraction of sp³-hybridized carbons (Fsp3) is 0.370. The van der Waals surface area contributed by atoms with Crippen LogP contribution in [-0.2, 0) is 13.0 Å². The van der Waals surface area contributed by atoms with Gasteiger partial charge in [0.2, 0.25) is 0 Å². The number of carbonyl (C=O) groups excluding carboxylic acids is 1. The number of carbonyl (C=O) groups is 1. The molecule has 0 aliphatic carbocycles. The number of hydrogen-bond donors (Lipinski definition) is 1. The van der Waals surface area contributed by atoms with Crippen LogP contribution in [0.4, 0.5) is 4.39 Å². The summed E-state index contributed by atoms with van der Waals surface area (Å²) in [5, 5.41) is 12.2. The zero-order chi connectivity index (χ0) is 24.1. The molecule has 1 atom stereocenters. The van der Waals surface area contributed by atoms with Gasteiger partial charge >= 0.3 is 0 Å². The van der Waals surface area contributed by atoms with Gasteiger partial charge in [-0.3, -0.25) is 9.69 Å². The summed E-state index contributed by atoms with van der Waals surface area (Å²) in [7, 11) is 3.46. The lowest BCUT2D eigenvalue weighted by atomic mass is 9.84. The number of ether oxygens (including phenoxy) is 1. The topological polar surface area (TPSA) is 53.0 Å². The molecule has 34 heavy (non-hydrogen) atoms. The first-order chi connectivity index (χ1) is 16.5. The van der Waals surface area contributed by atoms with E-state index in [-0.39, 0.29) is 29.4 Å². The third-order valence-corrected chi connectivity index (χ3v) is 7.65. The number of benzene rings is 2. The highest BCUT2D eigenvalue weighted by molar-refractivity contribution is 7.12. The quantitative estimate of drug-likeness (QED) is 0.480. The molecule has 0 spiro atoms. The van der Waals surface area contributed by atoms with Gasteiger partial charge in [-0.15, -0.1) is 11.3 Å². The molecule has 1 amide bonds. The average molecular weight is 483 g/mol. The van der Waals surface area contributed by atoms with Gasteiger partial charge < -0.3 is 14.7 Å². The van der Waals surface area contributed by atoms with Crippen LogP contribution in [0.3, 0.4) is 0 Å². The minimum atomic E-state index is -0.226. The lowest BCUT2D eigenvalue weighted by Gasteiger charge is -2.40. The van der Waals surface area contributed by atoms with E-state index in [0.717, 1.165) is 37.2 Å². The highest BCUT2D eigenvalue weighted by Gasteiger charge is 2.33. The Balaban J connectivity index is 1.47. The molecule has 1 fully saturated rings. The number of likely N-dealkylation sites (N-methyl/N-ethyl adjacent to an activating group) is 1. The van der Waals surface area contributed by atoms with Gasteiger partial charge in [0.1, 0.15) is 17.3 Å². The second-order valence-corrected chi connectivity index (χ2v) is 9.81. The smallest absolute Gasteiger partial charge is 0.263 e. The maximum Gasteiger partial charge on any atom is 0.263 e. The zero-order valence-electron chi connectivity index (χ0n) is 19.6. The molecule has 2 heterocycles. The van der Waals surface area contributed by atoms with Gasteiger partial charge in [-0.05, 0) is 79.5 Å². The van der Waals surface area contributed by atoms with E-state index in [1.54, 1.807) is 25.3 Å². The van der Waals surface area contributed by atoms with Crippen LogP contribution in [0.1, 0.15) is 33.6 Å². The van der Waals surface area contributed by atoms with E-state index in [4.69, 9.17) is 4.74 Å². The van der Waals surface area contributed by atoms with Crippen LogP contribution in [0.5, 0.6) is 11.5 Å². The molecule has 1 aliphatic heterocycles. The minimum absolute atomic E-state index is 0.0138. The van der Waals surface area contributed by atoms with Crippen molar-refractivity contribution in [3.8, 4) is 11.5 Å². The lowest BCUT2D eigenvalue weighted by molar-refractivity contribution is 0.0587. The normalized spacial score (nSPS) is 15.7. The summed E-state index contributed by atoms with van der Waals surface area (Å²) in [6, 6.07) is 15.7. The van der Waals surface area contributed by atoms with E-state index in [1.807, 2.05) is 47.7 Å². The number of methoxy groups -OCH3 is 1. The summed E-state index contributed by atoms with van der Waals surface area (Å²) in [5.41, 5.74) is 1.48.